The maximum Gasteiger partial charge on any atom is 0.275 e. The maximum atomic E-state index is 13.7. The second-order valence-corrected chi connectivity index (χ2v) is 5.91. The number of nitrogens with one attached hydrogen (secondary N) is 1. The van der Waals surface area contributed by atoms with E-state index in [2.05, 4.69) is 10.3 Å². The Morgan fingerprint density at radius 1 is 1.09 bits per heavy atom. The normalized spacial score (nSPS) is 10.5. The van der Waals surface area contributed by atoms with Crippen LogP contribution in [-0.4, -0.2) is 10.9 Å². The number of anilines is 1. The first kappa shape index (κ1) is 14.4. The zero-order valence-corrected chi connectivity index (χ0v) is 12.7. The Morgan fingerprint density at radius 2 is 1.77 bits per heavy atom. The van der Waals surface area contributed by atoms with Crippen LogP contribution < -0.4 is 5.32 Å². The lowest BCUT2D eigenvalue weighted by Gasteiger charge is -2.06. The van der Waals surface area contributed by atoms with Crippen LogP contribution in [0.5, 0.6) is 0 Å². The van der Waals surface area contributed by atoms with E-state index in [-0.39, 0.29) is 5.69 Å². The Hall–Kier alpha value is -2.53. The summed E-state index contributed by atoms with van der Waals surface area (Å²) in [7, 11) is 0. The summed E-state index contributed by atoms with van der Waals surface area (Å²) in [5, 5.41) is 3.37. The van der Waals surface area contributed by atoms with E-state index in [4.69, 9.17) is 0 Å². The second-order valence-electron chi connectivity index (χ2n) is 4.71. The van der Waals surface area contributed by atoms with E-state index in [0.717, 1.165) is 15.4 Å². The molecule has 3 rings (SSSR count). The summed E-state index contributed by atoms with van der Waals surface area (Å²) < 4.78 is 13.7. The molecule has 1 aromatic heterocycles. The van der Waals surface area contributed by atoms with Gasteiger partial charge in [0.15, 0.2) is 0 Å². The van der Waals surface area contributed by atoms with Crippen LogP contribution in [0.4, 0.5) is 10.1 Å². The number of hydrogen-bond donors (Lipinski definition) is 1. The van der Waals surface area contributed by atoms with Gasteiger partial charge in [0.2, 0.25) is 0 Å². The Bertz CT molecular complexity index is 815. The first-order chi connectivity index (χ1) is 10.6. The van der Waals surface area contributed by atoms with E-state index >= 15 is 0 Å². The Labute approximate surface area is 131 Å². The summed E-state index contributed by atoms with van der Waals surface area (Å²) in [6.07, 6.45) is 0. The number of carbonyl (C=O) groups is 1. The highest BCUT2D eigenvalue weighted by Gasteiger charge is 2.19. The maximum absolute atomic E-state index is 13.7. The highest BCUT2D eigenvalue weighted by molar-refractivity contribution is 7.15. The molecule has 0 atom stereocenters. The van der Waals surface area contributed by atoms with Crippen LogP contribution in [0.15, 0.2) is 54.6 Å². The lowest BCUT2D eigenvalue weighted by atomic mass is 10.1. The molecule has 1 amide bonds. The number of halogens is 1. The zero-order valence-electron chi connectivity index (χ0n) is 11.8. The molecule has 22 heavy (non-hydrogen) atoms. The molecule has 0 radical (unpaired) electrons. The van der Waals surface area contributed by atoms with E-state index in [0.29, 0.717) is 5.69 Å². The van der Waals surface area contributed by atoms with Crippen LogP contribution in [0.2, 0.25) is 0 Å². The Kier molecular flexibility index (Phi) is 3.98. The number of para-hydroxylation sites is 1. The third kappa shape index (κ3) is 2.89. The minimum atomic E-state index is -0.468. The third-order valence-corrected chi connectivity index (χ3v) is 4.13. The highest BCUT2D eigenvalue weighted by atomic mass is 32.1. The lowest BCUT2D eigenvalue weighted by molar-refractivity contribution is 0.102. The topological polar surface area (TPSA) is 42.0 Å². The first-order valence-corrected chi connectivity index (χ1v) is 7.55. The molecule has 3 aromatic rings. The Morgan fingerprint density at radius 3 is 2.50 bits per heavy atom. The summed E-state index contributed by atoms with van der Waals surface area (Å²) in [6, 6.07) is 15.6. The average Bonchev–Trinajstić information content (AvgIpc) is 2.92. The molecule has 0 bridgehead atoms. The molecule has 0 fully saturated rings. The van der Waals surface area contributed by atoms with Crippen molar-refractivity contribution >= 4 is 22.9 Å². The minimum Gasteiger partial charge on any atom is -0.318 e. The van der Waals surface area contributed by atoms with Gasteiger partial charge in [0, 0.05) is 0 Å². The minimum absolute atomic E-state index is 0.150. The monoisotopic (exact) mass is 312 g/mol. The number of aryl methyl sites for hydroxylation is 1. The van der Waals surface area contributed by atoms with Crippen molar-refractivity contribution in [1.82, 2.24) is 4.98 Å². The largest absolute Gasteiger partial charge is 0.318 e. The molecule has 0 saturated heterocycles. The summed E-state index contributed by atoms with van der Waals surface area (Å²) in [5.74, 6) is -0.877. The molecular formula is C17H13FN2OS. The number of hydrogen-bond acceptors (Lipinski definition) is 3. The summed E-state index contributed by atoms with van der Waals surface area (Å²) >= 11 is 1.44. The second kappa shape index (κ2) is 6.07. The predicted molar refractivity (Wildman–Crippen MR) is 86.6 cm³/mol. The van der Waals surface area contributed by atoms with Gasteiger partial charge in [-0.15, -0.1) is 11.3 Å². The van der Waals surface area contributed by atoms with Gasteiger partial charge in [-0.3, -0.25) is 4.79 Å². The summed E-state index contributed by atoms with van der Waals surface area (Å²) in [5.41, 5.74) is 1.39. The van der Waals surface area contributed by atoms with Crippen LogP contribution in [-0.2, 0) is 0 Å². The van der Waals surface area contributed by atoms with Gasteiger partial charge in [0.05, 0.1) is 15.6 Å². The molecule has 2 aromatic carbocycles. The summed E-state index contributed by atoms with van der Waals surface area (Å²) in [6.45, 7) is 1.84. The molecule has 0 spiro atoms. The van der Waals surface area contributed by atoms with Gasteiger partial charge in [-0.2, -0.15) is 0 Å². The fourth-order valence-electron chi connectivity index (χ4n) is 2.11. The molecular weight excluding hydrogens is 299 g/mol. The number of aromatic nitrogens is 1. The SMILES string of the molecule is Cc1nc(C(=O)Nc2ccccc2F)c(-c2ccccc2)s1. The van der Waals surface area contributed by atoms with E-state index < -0.39 is 11.7 Å². The fraction of sp³-hybridized carbons (Fsp3) is 0.0588. The number of benzene rings is 2. The predicted octanol–water partition coefficient (Wildman–Crippen LogP) is 4.51. The van der Waals surface area contributed by atoms with E-state index in [1.807, 2.05) is 37.3 Å². The van der Waals surface area contributed by atoms with E-state index in [1.165, 1.54) is 23.5 Å². The van der Waals surface area contributed by atoms with Crippen LogP contribution in [0.1, 0.15) is 15.5 Å². The van der Waals surface area contributed by atoms with Crippen molar-refractivity contribution in [2.45, 2.75) is 6.92 Å². The molecule has 0 aliphatic rings. The first-order valence-electron chi connectivity index (χ1n) is 6.74. The molecule has 0 saturated carbocycles. The van der Waals surface area contributed by atoms with Gasteiger partial charge in [-0.1, -0.05) is 42.5 Å². The molecule has 0 aliphatic carbocycles. The molecule has 0 aliphatic heterocycles. The van der Waals surface area contributed by atoms with Gasteiger partial charge in [-0.25, -0.2) is 9.37 Å². The van der Waals surface area contributed by atoms with Gasteiger partial charge in [-0.05, 0) is 24.6 Å². The smallest absolute Gasteiger partial charge is 0.275 e. The van der Waals surface area contributed by atoms with Crippen molar-refractivity contribution in [3.05, 3.63) is 71.1 Å². The molecule has 0 unspecified atom stereocenters. The van der Waals surface area contributed by atoms with Crippen molar-refractivity contribution in [3.63, 3.8) is 0 Å². The van der Waals surface area contributed by atoms with E-state index in [9.17, 15) is 9.18 Å². The van der Waals surface area contributed by atoms with Crippen molar-refractivity contribution in [1.29, 1.82) is 0 Å². The van der Waals surface area contributed by atoms with E-state index in [1.54, 1.807) is 12.1 Å². The van der Waals surface area contributed by atoms with Crippen LogP contribution in [0, 0.1) is 12.7 Å². The average molecular weight is 312 g/mol. The quantitative estimate of drug-likeness (QED) is 0.773. The van der Waals surface area contributed by atoms with Gasteiger partial charge in [0.1, 0.15) is 11.5 Å². The zero-order chi connectivity index (χ0) is 15.5. The fourth-order valence-corrected chi connectivity index (χ4v) is 3.03. The highest BCUT2D eigenvalue weighted by Crippen LogP contribution is 2.30. The number of rotatable bonds is 3. The standard InChI is InChI=1S/C17H13FN2OS/c1-11-19-15(16(22-11)12-7-3-2-4-8-12)17(21)20-14-10-6-5-9-13(14)18/h2-10H,1H3,(H,20,21). The molecule has 110 valence electrons. The van der Waals surface area contributed by atoms with Crippen molar-refractivity contribution in [3.8, 4) is 10.4 Å². The molecule has 3 nitrogen and oxygen atoms in total. The molecule has 5 heteroatoms. The van der Waals surface area contributed by atoms with Crippen LogP contribution in [0.25, 0.3) is 10.4 Å². The van der Waals surface area contributed by atoms with Crippen molar-refractivity contribution in [2.75, 3.05) is 5.32 Å². The number of amides is 1. The molecule has 1 heterocycles. The van der Waals surface area contributed by atoms with Crippen LogP contribution >= 0.6 is 11.3 Å². The van der Waals surface area contributed by atoms with Crippen molar-refractivity contribution < 1.29 is 9.18 Å². The van der Waals surface area contributed by atoms with Gasteiger partial charge < -0.3 is 5.32 Å². The van der Waals surface area contributed by atoms with Crippen molar-refractivity contribution in [2.24, 2.45) is 0 Å². The number of nitrogens with zero attached hydrogens (tertiary/aromatic N) is 1. The molecule has 1 N–H and O–H groups in total. The van der Waals surface area contributed by atoms with Gasteiger partial charge >= 0.3 is 0 Å². The van der Waals surface area contributed by atoms with Gasteiger partial charge in [0.25, 0.3) is 5.91 Å². The number of thiazole rings is 1. The summed E-state index contributed by atoms with van der Waals surface area (Å²) in [4.78, 5) is 17.5. The van der Waals surface area contributed by atoms with Crippen LogP contribution in [0.3, 0.4) is 0 Å². The third-order valence-electron chi connectivity index (χ3n) is 3.11. The Balaban J connectivity index is 1.95. The number of carbonyl (C=O) groups excluding carboxylic acids is 1. The lowest BCUT2D eigenvalue weighted by Crippen LogP contribution is -2.14.